The molecule has 0 aliphatic heterocycles. The van der Waals surface area contributed by atoms with Crippen LogP contribution in [0.15, 0.2) is 41.7 Å². The van der Waals surface area contributed by atoms with Gasteiger partial charge in [-0.25, -0.2) is 18.1 Å². The summed E-state index contributed by atoms with van der Waals surface area (Å²) in [4.78, 5) is 7.58. The number of hydrogen-bond donors (Lipinski definition) is 1. The van der Waals surface area contributed by atoms with Crippen molar-refractivity contribution in [3.63, 3.8) is 0 Å². The summed E-state index contributed by atoms with van der Waals surface area (Å²) in [7, 11) is -3.78. The normalized spacial score (nSPS) is 11.0. The van der Waals surface area contributed by atoms with E-state index in [1.165, 1.54) is 18.3 Å². The zero-order chi connectivity index (χ0) is 14.6. The Morgan fingerprint density at radius 2 is 2.15 bits per heavy atom. The molecule has 0 saturated carbocycles. The van der Waals surface area contributed by atoms with Gasteiger partial charge in [0.1, 0.15) is 11.0 Å². The lowest BCUT2D eigenvalue weighted by Gasteiger charge is -2.08. The molecular weight excluding hydrogens is 276 g/mol. The minimum Gasteiger partial charge on any atom is -0.264 e. The van der Waals surface area contributed by atoms with Crippen LogP contribution in [0, 0.1) is 18.3 Å². The van der Waals surface area contributed by atoms with Gasteiger partial charge in [0.25, 0.3) is 0 Å². The molecule has 6 nitrogen and oxygen atoms in total. The fraction of sp³-hybridized carbons (Fsp3) is 0.154. The maximum atomic E-state index is 12.2. The van der Waals surface area contributed by atoms with E-state index in [-0.39, 0.29) is 17.1 Å². The Balaban J connectivity index is 2.25. The summed E-state index contributed by atoms with van der Waals surface area (Å²) in [5.41, 5.74) is 1.59. The third-order valence-corrected chi connectivity index (χ3v) is 4.20. The lowest BCUT2D eigenvalue weighted by molar-refractivity contribution is 0.580. The number of hydrogen-bond acceptors (Lipinski definition) is 5. The van der Waals surface area contributed by atoms with Crippen LogP contribution in [0.3, 0.4) is 0 Å². The molecule has 2 aromatic rings. The van der Waals surface area contributed by atoms with E-state index >= 15 is 0 Å². The van der Waals surface area contributed by atoms with Crippen molar-refractivity contribution in [2.45, 2.75) is 18.4 Å². The minimum absolute atomic E-state index is 0.113. The Kier molecular flexibility index (Phi) is 4.08. The molecule has 0 radical (unpaired) electrons. The fourth-order valence-corrected chi connectivity index (χ4v) is 2.74. The number of sulfonamides is 1. The van der Waals surface area contributed by atoms with Crippen molar-refractivity contribution in [3.05, 3.63) is 53.6 Å². The number of nitrogens with one attached hydrogen (secondary N) is 1. The monoisotopic (exact) mass is 288 g/mol. The summed E-state index contributed by atoms with van der Waals surface area (Å²) in [6, 6.07) is 6.40. The largest absolute Gasteiger partial charge is 0.264 e. The molecule has 1 N–H and O–H groups in total. The maximum Gasteiger partial charge on any atom is 0.243 e. The molecule has 0 fully saturated rings. The average Bonchev–Trinajstić information content (AvgIpc) is 2.46. The summed E-state index contributed by atoms with van der Waals surface area (Å²) >= 11 is 0. The molecule has 2 rings (SSSR count). The number of nitrogens with zero attached hydrogens (tertiary/aromatic N) is 3. The quantitative estimate of drug-likeness (QED) is 0.910. The summed E-state index contributed by atoms with van der Waals surface area (Å²) in [5.74, 6) is 0. The molecule has 0 aromatic carbocycles. The highest BCUT2D eigenvalue weighted by Crippen LogP contribution is 2.13. The smallest absolute Gasteiger partial charge is 0.243 e. The van der Waals surface area contributed by atoms with Crippen LogP contribution in [0.2, 0.25) is 0 Å². The van der Waals surface area contributed by atoms with E-state index in [0.717, 1.165) is 11.1 Å². The van der Waals surface area contributed by atoms with Gasteiger partial charge in [-0.2, -0.15) is 5.26 Å². The van der Waals surface area contributed by atoms with Gasteiger partial charge in [-0.1, -0.05) is 0 Å². The van der Waals surface area contributed by atoms with E-state index in [0.29, 0.717) is 0 Å². The molecule has 102 valence electrons. The highest BCUT2D eigenvalue weighted by Gasteiger charge is 2.19. The van der Waals surface area contributed by atoms with Gasteiger partial charge in [0.05, 0.1) is 0 Å². The molecule has 0 atom stereocenters. The van der Waals surface area contributed by atoms with Crippen LogP contribution in [-0.4, -0.2) is 18.4 Å². The van der Waals surface area contributed by atoms with Gasteiger partial charge in [-0.15, -0.1) is 0 Å². The molecule has 0 amide bonds. The number of pyridine rings is 2. The SMILES string of the molecule is Cc1ccncc1CNS(=O)(=O)c1cccnc1C#N. The van der Waals surface area contributed by atoms with Crippen LogP contribution in [0.25, 0.3) is 0 Å². The topological polar surface area (TPSA) is 95.7 Å². The van der Waals surface area contributed by atoms with Gasteiger partial charge in [-0.05, 0) is 36.2 Å². The molecule has 0 aliphatic carbocycles. The molecule has 0 unspecified atom stereocenters. The van der Waals surface area contributed by atoms with Crippen molar-refractivity contribution in [2.75, 3.05) is 0 Å². The van der Waals surface area contributed by atoms with Crippen molar-refractivity contribution in [2.24, 2.45) is 0 Å². The zero-order valence-electron chi connectivity index (χ0n) is 10.7. The Morgan fingerprint density at radius 3 is 2.85 bits per heavy atom. The summed E-state index contributed by atoms with van der Waals surface area (Å²) in [5, 5.41) is 8.90. The first kappa shape index (κ1) is 14.1. The molecule has 2 heterocycles. The molecule has 0 bridgehead atoms. The first-order valence-corrected chi connectivity index (χ1v) is 7.27. The second-order valence-electron chi connectivity index (χ2n) is 4.09. The van der Waals surface area contributed by atoms with E-state index < -0.39 is 10.0 Å². The van der Waals surface area contributed by atoms with Gasteiger partial charge < -0.3 is 0 Å². The van der Waals surface area contributed by atoms with Gasteiger partial charge in [0.15, 0.2) is 5.69 Å². The van der Waals surface area contributed by atoms with Gasteiger partial charge >= 0.3 is 0 Å². The highest BCUT2D eigenvalue weighted by atomic mass is 32.2. The predicted octanol–water partition coefficient (Wildman–Crippen LogP) is 1.14. The van der Waals surface area contributed by atoms with Crippen LogP contribution >= 0.6 is 0 Å². The standard InChI is InChI=1S/C13H12N4O2S/c1-10-4-6-15-8-11(10)9-17-20(18,19)13-3-2-5-16-12(13)7-14/h2-6,8,17H,9H2,1H3. The fourth-order valence-electron chi connectivity index (χ4n) is 1.62. The highest BCUT2D eigenvalue weighted by molar-refractivity contribution is 7.89. The summed E-state index contributed by atoms with van der Waals surface area (Å²) < 4.78 is 26.8. The second-order valence-corrected chi connectivity index (χ2v) is 5.82. The third kappa shape index (κ3) is 2.99. The molecule has 0 saturated heterocycles. The third-order valence-electron chi connectivity index (χ3n) is 2.77. The van der Waals surface area contributed by atoms with Crippen molar-refractivity contribution in [3.8, 4) is 6.07 Å². The average molecular weight is 288 g/mol. The Morgan fingerprint density at radius 1 is 1.35 bits per heavy atom. The van der Waals surface area contributed by atoms with Gasteiger partial charge in [-0.3, -0.25) is 4.98 Å². The first-order valence-electron chi connectivity index (χ1n) is 5.79. The van der Waals surface area contributed by atoms with Crippen LogP contribution in [0.5, 0.6) is 0 Å². The van der Waals surface area contributed by atoms with Crippen molar-refractivity contribution in [1.29, 1.82) is 5.26 Å². The Bertz CT molecular complexity index is 766. The second kappa shape index (κ2) is 5.77. The number of nitriles is 1. The predicted molar refractivity (Wildman–Crippen MR) is 72.0 cm³/mol. The van der Waals surface area contributed by atoms with Crippen molar-refractivity contribution < 1.29 is 8.42 Å². The van der Waals surface area contributed by atoms with E-state index in [2.05, 4.69) is 14.7 Å². The molecule has 2 aromatic heterocycles. The molecule has 7 heteroatoms. The molecular formula is C13H12N4O2S. The lowest BCUT2D eigenvalue weighted by Crippen LogP contribution is -2.24. The first-order chi connectivity index (χ1) is 9.54. The summed E-state index contributed by atoms with van der Waals surface area (Å²) in [6.07, 6.45) is 4.62. The van der Waals surface area contributed by atoms with E-state index in [9.17, 15) is 8.42 Å². The molecule has 0 aliphatic rings. The molecule has 20 heavy (non-hydrogen) atoms. The summed E-state index contributed by atoms with van der Waals surface area (Å²) in [6.45, 7) is 1.98. The van der Waals surface area contributed by atoms with Crippen LogP contribution < -0.4 is 4.72 Å². The minimum atomic E-state index is -3.78. The molecule has 0 spiro atoms. The van der Waals surface area contributed by atoms with Gasteiger partial charge in [0.2, 0.25) is 10.0 Å². The number of rotatable bonds is 4. The van der Waals surface area contributed by atoms with Crippen molar-refractivity contribution >= 4 is 10.0 Å². The Labute approximate surface area is 117 Å². The lowest BCUT2D eigenvalue weighted by atomic mass is 10.2. The van der Waals surface area contributed by atoms with E-state index in [4.69, 9.17) is 5.26 Å². The number of aromatic nitrogens is 2. The maximum absolute atomic E-state index is 12.2. The number of aryl methyl sites for hydroxylation is 1. The van der Waals surface area contributed by atoms with E-state index in [1.54, 1.807) is 24.5 Å². The van der Waals surface area contributed by atoms with Gasteiger partial charge in [0, 0.05) is 25.1 Å². The van der Waals surface area contributed by atoms with Crippen LogP contribution in [0.1, 0.15) is 16.8 Å². The zero-order valence-corrected chi connectivity index (χ0v) is 11.6. The van der Waals surface area contributed by atoms with E-state index in [1.807, 2.05) is 6.92 Å². The Hall–Kier alpha value is -2.30. The van der Waals surface area contributed by atoms with Crippen LogP contribution in [-0.2, 0) is 16.6 Å². The van der Waals surface area contributed by atoms with Crippen molar-refractivity contribution in [1.82, 2.24) is 14.7 Å². The van der Waals surface area contributed by atoms with Crippen LogP contribution in [0.4, 0.5) is 0 Å².